The molecule has 6 nitrogen and oxygen atoms in total. The van der Waals surface area contributed by atoms with E-state index < -0.39 is 0 Å². The molecule has 0 aliphatic rings. The molecule has 0 aliphatic carbocycles. The number of hydrogen-bond donors (Lipinski definition) is 1. The molecule has 2 heterocycles. The van der Waals surface area contributed by atoms with Crippen LogP contribution in [-0.2, 0) is 13.0 Å². The average Bonchev–Trinajstić information content (AvgIpc) is 2.84. The van der Waals surface area contributed by atoms with Gasteiger partial charge in [-0.2, -0.15) is 10.2 Å². The highest BCUT2D eigenvalue weighted by Crippen LogP contribution is 2.21. The second kappa shape index (κ2) is 5.66. The maximum Gasteiger partial charge on any atom is 0.249 e. The van der Waals surface area contributed by atoms with Gasteiger partial charge in [0.25, 0.3) is 0 Å². The third-order valence-corrected chi connectivity index (χ3v) is 2.79. The lowest BCUT2D eigenvalue weighted by molar-refractivity contribution is 0.383. The van der Waals surface area contributed by atoms with Gasteiger partial charge in [-0.3, -0.25) is 0 Å². The van der Waals surface area contributed by atoms with E-state index in [0.717, 1.165) is 23.4 Å². The first-order chi connectivity index (χ1) is 9.39. The van der Waals surface area contributed by atoms with Crippen LogP contribution in [-0.4, -0.2) is 25.9 Å². The fourth-order valence-corrected chi connectivity index (χ4v) is 1.74. The van der Waals surface area contributed by atoms with E-state index in [4.69, 9.17) is 4.42 Å². The van der Waals surface area contributed by atoms with Crippen LogP contribution in [0.25, 0.3) is 11.5 Å². The van der Waals surface area contributed by atoms with Gasteiger partial charge in [0.15, 0.2) is 0 Å². The lowest BCUT2D eigenvalue weighted by atomic mass is 10.1. The Morgan fingerprint density at radius 3 is 2.55 bits per heavy atom. The summed E-state index contributed by atoms with van der Waals surface area (Å²) in [6, 6.07) is 1.93. The Labute approximate surface area is 119 Å². The molecule has 0 radical (unpaired) electrons. The first-order valence-corrected chi connectivity index (χ1v) is 6.80. The molecular formula is C14H21N5O. The Bertz CT molecular complexity index is 585. The van der Waals surface area contributed by atoms with Crippen LogP contribution in [0.3, 0.4) is 0 Å². The zero-order valence-corrected chi connectivity index (χ0v) is 12.7. The van der Waals surface area contributed by atoms with Gasteiger partial charge in [0, 0.05) is 5.54 Å². The predicted molar refractivity (Wildman–Crippen MR) is 76.0 cm³/mol. The normalized spacial score (nSPS) is 11.8. The quantitative estimate of drug-likeness (QED) is 0.922. The van der Waals surface area contributed by atoms with E-state index in [1.54, 1.807) is 0 Å². The van der Waals surface area contributed by atoms with E-state index >= 15 is 0 Å². The van der Waals surface area contributed by atoms with Crippen molar-refractivity contribution in [1.82, 2.24) is 25.7 Å². The summed E-state index contributed by atoms with van der Waals surface area (Å²) in [5.74, 6) is 1.08. The molecule has 0 unspecified atom stereocenters. The van der Waals surface area contributed by atoms with Crippen LogP contribution in [0.1, 0.15) is 45.0 Å². The van der Waals surface area contributed by atoms with Gasteiger partial charge in [-0.05, 0) is 40.2 Å². The van der Waals surface area contributed by atoms with Crippen LogP contribution in [0.15, 0.2) is 10.5 Å². The van der Waals surface area contributed by atoms with Gasteiger partial charge in [0.1, 0.15) is 0 Å². The Hall–Kier alpha value is -1.82. The highest BCUT2D eigenvalue weighted by molar-refractivity contribution is 5.56. The minimum atomic E-state index is 0.0119. The van der Waals surface area contributed by atoms with Crippen molar-refractivity contribution >= 4 is 0 Å². The van der Waals surface area contributed by atoms with Crippen molar-refractivity contribution in [3.8, 4) is 11.5 Å². The molecule has 6 heteroatoms. The zero-order valence-electron chi connectivity index (χ0n) is 12.7. The van der Waals surface area contributed by atoms with Crippen LogP contribution >= 0.6 is 0 Å². The molecule has 0 aliphatic heterocycles. The van der Waals surface area contributed by atoms with Crippen molar-refractivity contribution in [2.45, 2.75) is 53.1 Å². The molecule has 0 saturated carbocycles. The van der Waals surface area contributed by atoms with E-state index in [-0.39, 0.29) is 5.54 Å². The molecule has 0 spiro atoms. The number of nitrogens with one attached hydrogen (secondary N) is 1. The Morgan fingerprint density at radius 1 is 1.15 bits per heavy atom. The zero-order chi connectivity index (χ0) is 14.8. The average molecular weight is 275 g/mol. The highest BCUT2D eigenvalue weighted by Gasteiger charge is 2.16. The van der Waals surface area contributed by atoms with Gasteiger partial charge >= 0.3 is 0 Å². The van der Waals surface area contributed by atoms with Gasteiger partial charge in [0.2, 0.25) is 11.8 Å². The summed E-state index contributed by atoms with van der Waals surface area (Å²) in [4.78, 5) is 0. The van der Waals surface area contributed by atoms with Gasteiger partial charge < -0.3 is 9.73 Å². The second-order valence-corrected chi connectivity index (χ2v) is 5.80. The second-order valence-electron chi connectivity index (χ2n) is 5.80. The van der Waals surface area contributed by atoms with Crippen molar-refractivity contribution in [3.05, 3.63) is 23.3 Å². The molecule has 0 atom stereocenters. The molecule has 108 valence electrons. The number of hydrogen-bond acceptors (Lipinski definition) is 6. The molecule has 0 amide bonds. The minimum absolute atomic E-state index is 0.0119. The minimum Gasteiger partial charge on any atom is -0.419 e. The molecular weight excluding hydrogens is 254 g/mol. The fourth-order valence-electron chi connectivity index (χ4n) is 1.74. The van der Waals surface area contributed by atoms with Gasteiger partial charge in [0.05, 0.1) is 23.5 Å². The standard InChI is InChI=1S/C14H21N5O/c1-6-11-10(7-9(2)16-17-11)13-19-18-12(20-13)8-15-14(3,4)5/h7,15H,6,8H2,1-5H3. The lowest BCUT2D eigenvalue weighted by Gasteiger charge is -2.18. The van der Waals surface area contributed by atoms with Crippen LogP contribution in [0.4, 0.5) is 0 Å². The lowest BCUT2D eigenvalue weighted by Crippen LogP contribution is -2.35. The topological polar surface area (TPSA) is 76.7 Å². The smallest absolute Gasteiger partial charge is 0.249 e. The van der Waals surface area contributed by atoms with Crippen molar-refractivity contribution in [2.75, 3.05) is 0 Å². The summed E-state index contributed by atoms with van der Waals surface area (Å²) in [6.45, 7) is 10.8. The van der Waals surface area contributed by atoms with Crippen molar-refractivity contribution in [1.29, 1.82) is 0 Å². The van der Waals surface area contributed by atoms with Crippen LogP contribution in [0, 0.1) is 6.92 Å². The first-order valence-electron chi connectivity index (χ1n) is 6.80. The number of rotatable bonds is 4. The molecule has 20 heavy (non-hydrogen) atoms. The van der Waals surface area contributed by atoms with Crippen molar-refractivity contribution in [2.24, 2.45) is 0 Å². The number of aryl methyl sites for hydroxylation is 2. The monoisotopic (exact) mass is 275 g/mol. The Balaban J connectivity index is 2.22. The molecule has 2 aromatic rings. The van der Waals surface area contributed by atoms with Crippen LogP contribution in [0.2, 0.25) is 0 Å². The third kappa shape index (κ3) is 3.60. The van der Waals surface area contributed by atoms with Gasteiger partial charge in [-0.25, -0.2) is 0 Å². The summed E-state index contributed by atoms with van der Waals surface area (Å²) < 4.78 is 5.71. The highest BCUT2D eigenvalue weighted by atomic mass is 16.4. The summed E-state index contributed by atoms with van der Waals surface area (Å²) in [5, 5.41) is 19.7. The van der Waals surface area contributed by atoms with E-state index in [1.165, 1.54) is 0 Å². The van der Waals surface area contributed by atoms with E-state index in [0.29, 0.717) is 18.3 Å². The molecule has 0 aromatic carbocycles. The summed E-state index contributed by atoms with van der Waals surface area (Å²) in [6.07, 6.45) is 0.778. The predicted octanol–water partition coefficient (Wildman–Crippen LogP) is 2.29. The maximum atomic E-state index is 5.71. The molecule has 0 bridgehead atoms. The number of aromatic nitrogens is 4. The first kappa shape index (κ1) is 14.6. The van der Waals surface area contributed by atoms with Crippen LogP contribution < -0.4 is 5.32 Å². The largest absolute Gasteiger partial charge is 0.419 e. The SMILES string of the molecule is CCc1nnc(C)cc1-c1nnc(CNC(C)(C)C)o1. The van der Waals surface area contributed by atoms with E-state index in [1.807, 2.05) is 19.9 Å². The van der Waals surface area contributed by atoms with Crippen molar-refractivity contribution in [3.63, 3.8) is 0 Å². The third-order valence-electron chi connectivity index (χ3n) is 2.79. The summed E-state index contributed by atoms with van der Waals surface area (Å²) >= 11 is 0. The maximum absolute atomic E-state index is 5.71. The molecule has 1 N–H and O–H groups in total. The molecule has 0 fully saturated rings. The number of nitrogens with zero attached hydrogens (tertiary/aromatic N) is 4. The molecule has 2 rings (SSSR count). The van der Waals surface area contributed by atoms with E-state index in [2.05, 4.69) is 46.5 Å². The molecule has 2 aromatic heterocycles. The summed E-state index contributed by atoms with van der Waals surface area (Å²) in [5.41, 5.74) is 2.59. The Kier molecular flexibility index (Phi) is 4.13. The van der Waals surface area contributed by atoms with Gasteiger partial charge in [-0.15, -0.1) is 10.2 Å². The Morgan fingerprint density at radius 2 is 1.90 bits per heavy atom. The van der Waals surface area contributed by atoms with E-state index in [9.17, 15) is 0 Å². The van der Waals surface area contributed by atoms with Crippen molar-refractivity contribution < 1.29 is 4.42 Å². The summed E-state index contributed by atoms with van der Waals surface area (Å²) in [7, 11) is 0. The van der Waals surface area contributed by atoms with Crippen LogP contribution in [0.5, 0.6) is 0 Å². The fraction of sp³-hybridized carbons (Fsp3) is 0.571. The molecule has 0 saturated heterocycles. The van der Waals surface area contributed by atoms with Gasteiger partial charge in [-0.1, -0.05) is 6.92 Å².